The minimum atomic E-state index is -3.30. The van der Waals surface area contributed by atoms with Crippen LogP contribution in [0.2, 0.25) is 0 Å². The molecule has 8 heteroatoms. The van der Waals surface area contributed by atoms with Gasteiger partial charge >= 0.3 is 6.03 Å². The van der Waals surface area contributed by atoms with Gasteiger partial charge in [-0.1, -0.05) is 13.0 Å². The van der Waals surface area contributed by atoms with Gasteiger partial charge in [-0.25, -0.2) is 13.2 Å². The average molecular weight is 417 g/mol. The van der Waals surface area contributed by atoms with E-state index in [0.717, 1.165) is 38.9 Å². The molecule has 1 fully saturated rings. The Labute approximate surface area is 172 Å². The highest BCUT2D eigenvalue weighted by Gasteiger charge is 2.20. The number of carbonyl (C=O) groups excluding carboxylic acids is 1. The van der Waals surface area contributed by atoms with Crippen molar-refractivity contribution in [3.05, 3.63) is 54.4 Å². The van der Waals surface area contributed by atoms with E-state index >= 15 is 0 Å². The first kappa shape index (κ1) is 21.3. The third-order valence-electron chi connectivity index (χ3n) is 5.22. The van der Waals surface area contributed by atoms with Crippen molar-refractivity contribution in [2.45, 2.75) is 37.1 Å². The second kappa shape index (κ2) is 9.84. The van der Waals surface area contributed by atoms with Crippen LogP contribution in [-0.2, 0) is 16.3 Å². The number of hydrogen-bond donors (Lipinski definition) is 2. The van der Waals surface area contributed by atoms with Crippen molar-refractivity contribution in [2.75, 3.05) is 30.7 Å². The molecule has 156 valence electrons. The normalized spacial score (nSPS) is 15.8. The Balaban J connectivity index is 1.43. The molecule has 2 heterocycles. The van der Waals surface area contributed by atoms with Crippen LogP contribution in [0.5, 0.6) is 0 Å². The van der Waals surface area contributed by atoms with Gasteiger partial charge in [-0.15, -0.1) is 0 Å². The molecule has 0 unspecified atom stereocenters. The molecule has 2 amide bonds. The Kier molecular flexibility index (Phi) is 7.22. The number of amides is 2. The van der Waals surface area contributed by atoms with Gasteiger partial charge < -0.3 is 15.5 Å². The Hall–Kier alpha value is -2.45. The lowest BCUT2D eigenvalue weighted by Crippen LogP contribution is -2.46. The summed E-state index contributed by atoms with van der Waals surface area (Å²) >= 11 is 0. The SMILES string of the molecule is CCS(=O)(=O)c1cccc(NC(=O)NC2CCN(CCc3ccncc3)CC2)c1. The molecule has 7 nitrogen and oxygen atoms in total. The lowest BCUT2D eigenvalue weighted by Gasteiger charge is -2.32. The molecule has 0 radical (unpaired) electrons. The van der Waals surface area contributed by atoms with E-state index in [-0.39, 0.29) is 22.7 Å². The number of nitrogens with zero attached hydrogens (tertiary/aromatic N) is 2. The van der Waals surface area contributed by atoms with Gasteiger partial charge in [0.15, 0.2) is 9.84 Å². The number of aromatic nitrogens is 1. The Morgan fingerprint density at radius 2 is 1.90 bits per heavy atom. The number of urea groups is 1. The van der Waals surface area contributed by atoms with E-state index in [2.05, 4.69) is 20.5 Å². The molecule has 0 spiro atoms. The van der Waals surface area contributed by atoms with Gasteiger partial charge in [0.25, 0.3) is 0 Å². The summed E-state index contributed by atoms with van der Waals surface area (Å²) in [4.78, 5) is 19.0. The van der Waals surface area contributed by atoms with Gasteiger partial charge in [-0.2, -0.15) is 0 Å². The number of anilines is 1. The standard InChI is InChI=1S/C21H28N4O3S/c1-2-29(27,28)20-5-3-4-19(16-20)24-21(26)23-18-9-14-25(15-10-18)13-8-17-6-11-22-12-7-17/h3-7,11-12,16,18H,2,8-10,13-15H2,1H3,(H2,23,24,26). The van der Waals surface area contributed by atoms with Crippen LogP contribution in [0.4, 0.5) is 10.5 Å². The molecule has 1 aliphatic heterocycles. The number of sulfone groups is 1. The third-order valence-corrected chi connectivity index (χ3v) is 6.95. The first-order valence-corrected chi connectivity index (χ1v) is 11.6. The summed E-state index contributed by atoms with van der Waals surface area (Å²) < 4.78 is 24.0. The number of likely N-dealkylation sites (tertiary alicyclic amines) is 1. The summed E-state index contributed by atoms with van der Waals surface area (Å²) in [7, 11) is -3.30. The topological polar surface area (TPSA) is 91.4 Å². The number of hydrogen-bond acceptors (Lipinski definition) is 5. The van der Waals surface area contributed by atoms with Crippen molar-refractivity contribution in [2.24, 2.45) is 0 Å². The smallest absolute Gasteiger partial charge is 0.319 e. The fourth-order valence-electron chi connectivity index (χ4n) is 3.42. The predicted molar refractivity (Wildman–Crippen MR) is 114 cm³/mol. The number of piperidine rings is 1. The molecule has 1 aromatic heterocycles. The van der Waals surface area contributed by atoms with E-state index in [9.17, 15) is 13.2 Å². The van der Waals surface area contributed by atoms with Crippen LogP contribution >= 0.6 is 0 Å². The first-order chi connectivity index (χ1) is 14.0. The van der Waals surface area contributed by atoms with Crippen LogP contribution in [0.15, 0.2) is 53.7 Å². The zero-order chi connectivity index (χ0) is 20.7. The largest absolute Gasteiger partial charge is 0.335 e. The highest BCUT2D eigenvalue weighted by molar-refractivity contribution is 7.91. The van der Waals surface area contributed by atoms with Crippen molar-refractivity contribution in [1.82, 2.24) is 15.2 Å². The van der Waals surface area contributed by atoms with Crippen LogP contribution in [0, 0.1) is 0 Å². The van der Waals surface area contributed by atoms with Crippen molar-refractivity contribution >= 4 is 21.6 Å². The summed E-state index contributed by atoms with van der Waals surface area (Å²) in [5, 5.41) is 5.75. The van der Waals surface area contributed by atoms with Gasteiger partial charge in [-0.3, -0.25) is 4.98 Å². The van der Waals surface area contributed by atoms with Gasteiger partial charge in [0.05, 0.1) is 10.6 Å². The Morgan fingerprint density at radius 1 is 1.17 bits per heavy atom. The van der Waals surface area contributed by atoms with Crippen molar-refractivity contribution in [3.63, 3.8) is 0 Å². The molecule has 1 saturated heterocycles. The fourth-order valence-corrected chi connectivity index (χ4v) is 4.35. The fraction of sp³-hybridized carbons (Fsp3) is 0.429. The molecular formula is C21H28N4O3S. The lowest BCUT2D eigenvalue weighted by atomic mass is 10.0. The second-order valence-electron chi connectivity index (χ2n) is 7.25. The molecule has 1 aromatic carbocycles. The van der Waals surface area contributed by atoms with E-state index in [0.29, 0.717) is 5.69 Å². The number of nitrogens with one attached hydrogen (secondary N) is 2. The summed E-state index contributed by atoms with van der Waals surface area (Å²) in [5.41, 5.74) is 1.76. The highest BCUT2D eigenvalue weighted by Crippen LogP contribution is 2.17. The molecule has 29 heavy (non-hydrogen) atoms. The second-order valence-corrected chi connectivity index (χ2v) is 9.53. The van der Waals surface area contributed by atoms with Gasteiger partial charge in [0, 0.05) is 43.8 Å². The summed E-state index contributed by atoms with van der Waals surface area (Å²) in [6.45, 7) is 4.49. The first-order valence-electron chi connectivity index (χ1n) is 9.98. The molecule has 2 N–H and O–H groups in total. The van der Waals surface area contributed by atoms with Gasteiger partial charge in [0.1, 0.15) is 0 Å². The molecular weight excluding hydrogens is 388 g/mol. The van der Waals surface area contributed by atoms with E-state index in [1.807, 2.05) is 24.5 Å². The van der Waals surface area contributed by atoms with E-state index in [4.69, 9.17) is 0 Å². The summed E-state index contributed by atoms with van der Waals surface area (Å²) in [5.74, 6) is 0.0301. The maximum atomic E-state index is 12.3. The molecule has 1 aliphatic rings. The number of carbonyl (C=O) groups is 1. The maximum absolute atomic E-state index is 12.3. The molecule has 0 aliphatic carbocycles. The van der Waals surface area contributed by atoms with Crippen LogP contribution in [-0.4, -0.2) is 55.8 Å². The molecule has 2 aromatic rings. The molecule has 0 saturated carbocycles. The minimum absolute atomic E-state index is 0.0301. The Bertz CT molecular complexity index is 911. The monoisotopic (exact) mass is 416 g/mol. The summed E-state index contributed by atoms with van der Waals surface area (Å²) in [6, 6.07) is 10.3. The lowest BCUT2D eigenvalue weighted by molar-refractivity contribution is 0.197. The Morgan fingerprint density at radius 3 is 2.59 bits per heavy atom. The van der Waals surface area contributed by atoms with E-state index in [1.54, 1.807) is 25.1 Å². The predicted octanol–water partition coefficient (Wildman–Crippen LogP) is 2.70. The van der Waals surface area contributed by atoms with E-state index in [1.165, 1.54) is 11.6 Å². The number of pyridine rings is 1. The molecule has 0 bridgehead atoms. The maximum Gasteiger partial charge on any atom is 0.319 e. The minimum Gasteiger partial charge on any atom is -0.335 e. The van der Waals surface area contributed by atoms with Crippen molar-refractivity contribution in [1.29, 1.82) is 0 Å². The molecule has 0 atom stereocenters. The zero-order valence-corrected chi connectivity index (χ0v) is 17.5. The van der Waals surface area contributed by atoms with Crippen LogP contribution < -0.4 is 10.6 Å². The highest BCUT2D eigenvalue weighted by atomic mass is 32.2. The number of rotatable bonds is 7. The van der Waals surface area contributed by atoms with Crippen molar-refractivity contribution in [3.8, 4) is 0 Å². The number of benzene rings is 1. The zero-order valence-electron chi connectivity index (χ0n) is 16.7. The van der Waals surface area contributed by atoms with Crippen LogP contribution in [0.3, 0.4) is 0 Å². The van der Waals surface area contributed by atoms with Crippen molar-refractivity contribution < 1.29 is 13.2 Å². The van der Waals surface area contributed by atoms with Crippen LogP contribution in [0.1, 0.15) is 25.3 Å². The molecule has 3 rings (SSSR count). The quantitative estimate of drug-likeness (QED) is 0.724. The van der Waals surface area contributed by atoms with E-state index < -0.39 is 9.84 Å². The van der Waals surface area contributed by atoms with Gasteiger partial charge in [0.2, 0.25) is 0 Å². The average Bonchev–Trinajstić information content (AvgIpc) is 2.74. The summed E-state index contributed by atoms with van der Waals surface area (Å²) in [6.07, 6.45) is 6.43. The third kappa shape index (κ3) is 6.27. The van der Waals surface area contributed by atoms with Gasteiger partial charge in [-0.05, 0) is 55.2 Å². The van der Waals surface area contributed by atoms with Crippen LogP contribution in [0.25, 0.3) is 0 Å².